The minimum atomic E-state index is 0.588. The van der Waals surface area contributed by atoms with E-state index in [1.807, 2.05) is 18.2 Å². The van der Waals surface area contributed by atoms with Crippen LogP contribution in [0.2, 0.25) is 5.02 Å². The van der Waals surface area contributed by atoms with Crippen LogP contribution >= 0.6 is 50.1 Å². The van der Waals surface area contributed by atoms with Crippen LogP contribution in [-0.4, -0.2) is 4.98 Å². The molecule has 0 aliphatic rings. The van der Waals surface area contributed by atoms with Crippen LogP contribution in [0.3, 0.4) is 0 Å². The number of nitrogen functional groups attached to an aromatic ring is 1. The largest absolute Gasteiger partial charge is 0.396 e. The smallest absolute Gasteiger partial charge is 0.0794 e. The number of nitrogens with two attached hydrogens (primary N) is 1. The highest BCUT2D eigenvalue weighted by Gasteiger charge is 2.07. The van der Waals surface area contributed by atoms with Gasteiger partial charge in [-0.2, -0.15) is 0 Å². The molecule has 1 aromatic carbocycles. The van der Waals surface area contributed by atoms with Crippen LogP contribution in [-0.2, 0) is 0 Å². The Hall–Kier alpha value is -0.530. The number of pyridine rings is 1. The third kappa shape index (κ3) is 3.02. The maximum Gasteiger partial charge on any atom is 0.0794 e. The van der Waals surface area contributed by atoms with E-state index >= 15 is 0 Å². The monoisotopic (exact) mass is 423 g/mol. The van der Waals surface area contributed by atoms with E-state index in [2.05, 4.69) is 48.8 Å². The Morgan fingerprint density at radius 1 is 1.35 bits per heavy atom. The van der Waals surface area contributed by atoms with Crippen LogP contribution in [0.15, 0.2) is 35.1 Å². The highest BCUT2D eigenvalue weighted by Crippen LogP contribution is 2.32. The minimum absolute atomic E-state index is 0.588. The summed E-state index contributed by atoms with van der Waals surface area (Å²) in [4.78, 5) is 3.99. The Bertz CT molecular complexity index is 542. The molecule has 0 fully saturated rings. The second-order valence-corrected chi connectivity index (χ2v) is 5.79. The normalized spacial score (nSPS) is 10.3. The van der Waals surface area contributed by atoms with Crippen LogP contribution < -0.4 is 11.1 Å². The fourth-order valence-electron chi connectivity index (χ4n) is 1.31. The summed E-state index contributed by atoms with van der Waals surface area (Å²) in [5.74, 6) is 0. The first kappa shape index (κ1) is 12.9. The van der Waals surface area contributed by atoms with E-state index in [1.54, 1.807) is 12.4 Å². The molecule has 6 heteroatoms. The molecule has 17 heavy (non-hydrogen) atoms. The lowest BCUT2D eigenvalue weighted by Crippen LogP contribution is -1.99. The van der Waals surface area contributed by atoms with Gasteiger partial charge in [-0.3, -0.25) is 4.98 Å². The van der Waals surface area contributed by atoms with Gasteiger partial charge in [0.1, 0.15) is 0 Å². The van der Waals surface area contributed by atoms with Gasteiger partial charge in [0.05, 0.1) is 27.7 Å². The molecule has 2 rings (SSSR count). The van der Waals surface area contributed by atoms with Crippen LogP contribution in [0.5, 0.6) is 0 Å². The van der Waals surface area contributed by atoms with E-state index in [4.69, 9.17) is 17.3 Å². The second-order valence-electron chi connectivity index (χ2n) is 3.33. The molecule has 0 radical (unpaired) electrons. The minimum Gasteiger partial charge on any atom is -0.396 e. The Balaban J connectivity index is 2.38. The van der Waals surface area contributed by atoms with Crippen LogP contribution in [0.1, 0.15) is 0 Å². The van der Waals surface area contributed by atoms with Crippen LogP contribution in [0.25, 0.3) is 0 Å². The number of nitrogens with one attached hydrogen (secondary N) is 1. The van der Waals surface area contributed by atoms with Crippen molar-refractivity contribution in [1.29, 1.82) is 0 Å². The molecule has 1 aromatic heterocycles. The van der Waals surface area contributed by atoms with Gasteiger partial charge in [-0.05, 0) is 56.7 Å². The summed E-state index contributed by atoms with van der Waals surface area (Å²) in [7, 11) is 0. The topological polar surface area (TPSA) is 50.9 Å². The van der Waals surface area contributed by atoms with E-state index in [1.165, 1.54) is 0 Å². The predicted octanol–water partition coefficient (Wildman–Crippen LogP) is 4.43. The highest BCUT2D eigenvalue weighted by molar-refractivity contribution is 14.1. The molecule has 0 bridgehead atoms. The molecule has 1 heterocycles. The molecule has 2 aromatic rings. The number of benzene rings is 1. The summed E-state index contributed by atoms with van der Waals surface area (Å²) in [6.45, 7) is 0. The van der Waals surface area contributed by atoms with E-state index in [0.717, 1.165) is 19.4 Å². The molecule has 0 aliphatic heterocycles. The number of hydrogen-bond acceptors (Lipinski definition) is 3. The number of aromatic nitrogens is 1. The van der Waals surface area contributed by atoms with Gasteiger partial charge in [0.25, 0.3) is 0 Å². The van der Waals surface area contributed by atoms with Gasteiger partial charge in [0.15, 0.2) is 0 Å². The summed E-state index contributed by atoms with van der Waals surface area (Å²) >= 11 is 11.5. The first-order valence-corrected chi connectivity index (χ1v) is 6.94. The van der Waals surface area contributed by atoms with E-state index in [-0.39, 0.29) is 0 Å². The van der Waals surface area contributed by atoms with E-state index in [9.17, 15) is 0 Å². The van der Waals surface area contributed by atoms with Gasteiger partial charge >= 0.3 is 0 Å². The quantitative estimate of drug-likeness (QED) is 0.702. The number of rotatable bonds is 2. The maximum atomic E-state index is 5.91. The summed E-state index contributed by atoms with van der Waals surface area (Å²) in [5, 5.41) is 3.97. The molecular formula is C11H8BrClIN3. The van der Waals surface area contributed by atoms with Crippen molar-refractivity contribution >= 4 is 67.2 Å². The van der Waals surface area contributed by atoms with E-state index < -0.39 is 0 Å². The highest BCUT2D eigenvalue weighted by atomic mass is 127. The zero-order chi connectivity index (χ0) is 12.4. The number of anilines is 3. The van der Waals surface area contributed by atoms with Crippen LogP contribution in [0.4, 0.5) is 17.1 Å². The lowest BCUT2D eigenvalue weighted by Gasteiger charge is -2.12. The van der Waals surface area contributed by atoms with Crippen molar-refractivity contribution in [3.05, 3.63) is 43.7 Å². The fourth-order valence-corrected chi connectivity index (χ4v) is 2.76. The van der Waals surface area contributed by atoms with Crippen molar-refractivity contribution in [2.75, 3.05) is 11.1 Å². The average Bonchev–Trinajstić information content (AvgIpc) is 2.26. The molecule has 0 aliphatic carbocycles. The van der Waals surface area contributed by atoms with Crippen molar-refractivity contribution in [3.63, 3.8) is 0 Å². The fraction of sp³-hybridized carbons (Fsp3) is 0. The standard InChI is InChI=1S/C11H8BrClIN3/c12-7-4-16-5-9(15)11(7)17-10-2-1-6(13)3-8(10)14/h1-5H,15H2,(H,16,17). The maximum absolute atomic E-state index is 5.91. The molecule has 3 nitrogen and oxygen atoms in total. The summed E-state index contributed by atoms with van der Waals surface area (Å²) in [5.41, 5.74) is 8.21. The molecule has 0 spiro atoms. The third-order valence-electron chi connectivity index (χ3n) is 2.12. The van der Waals surface area contributed by atoms with Crippen LogP contribution in [0, 0.1) is 3.57 Å². The molecule has 3 N–H and O–H groups in total. The van der Waals surface area contributed by atoms with Gasteiger partial charge in [-0.15, -0.1) is 0 Å². The van der Waals surface area contributed by atoms with Gasteiger partial charge < -0.3 is 11.1 Å². The van der Waals surface area contributed by atoms with Crippen molar-refractivity contribution in [2.45, 2.75) is 0 Å². The Labute approximate surface area is 126 Å². The summed E-state index contributed by atoms with van der Waals surface area (Å²) in [6.07, 6.45) is 3.30. The SMILES string of the molecule is Nc1cncc(Br)c1Nc1ccc(Cl)cc1I. The Morgan fingerprint density at radius 3 is 2.76 bits per heavy atom. The van der Waals surface area contributed by atoms with E-state index in [0.29, 0.717) is 10.7 Å². The van der Waals surface area contributed by atoms with Crippen molar-refractivity contribution in [3.8, 4) is 0 Å². The summed E-state index contributed by atoms with van der Waals surface area (Å²) in [6, 6.07) is 5.63. The third-order valence-corrected chi connectivity index (χ3v) is 3.85. The first-order valence-electron chi connectivity index (χ1n) is 4.69. The Morgan fingerprint density at radius 2 is 2.12 bits per heavy atom. The first-order chi connectivity index (χ1) is 8.08. The predicted molar refractivity (Wildman–Crippen MR) is 83.8 cm³/mol. The average molecular weight is 424 g/mol. The van der Waals surface area contributed by atoms with Crippen molar-refractivity contribution in [2.24, 2.45) is 0 Å². The van der Waals surface area contributed by atoms with Gasteiger partial charge in [-0.25, -0.2) is 0 Å². The van der Waals surface area contributed by atoms with Crippen molar-refractivity contribution in [1.82, 2.24) is 4.98 Å². The number of halogens is 3. The summed E-state index contributed by atoms with van der Waals surface area (Å²) < 4.78 is 1.85. The molecule has 0 atom stereocenters. The Kier molecular flexibility index (Phi) is 4.11. The molecular weight excluding hydrogens is 416 g/mol. The second kappa shape index (κ2) is 5.41. The number of hydrogen-bond donors (Lipinski definition) is 2. The molecule has 0 amide bonds. The zero-order valence-electron chi connectivity index (χ0n) is 8.55. The molecule has 0 saturated heterocycles. The van der Waals surface area contributed by atoms with Gasteiger partial charge in [0, 0.05) is 14.8 Å². The van der Waals surface area contributed by atoms with Crippen molar-refractivity contribution < 1.29 is 0 Å². The molecule has 0 unspecified atom stereocenters. The van der Waals surface area contributed by atoms with Gasteiger partial charge in [-0.1, -0.05) is 11.6 Å². The lowest BCUT2D eigenvalue weighted by atomic mass is 10.3. The molecule has 0 saturated carbocycles. The number of nitrogens with zero attached hydrogens (tertiary/aromatic N) is 1. The zero-order valence-corrected chi connectivity index (χ0v) is 13.0. The molecule has 88 valence electrons. The van der Waals surface area contributed by atoms with Gasteiger partial charge in [0.2, 0.25) is 0 Å². The lowest BCUT2D eigenvalue weighted by molar-refractivity contribution is 1.31.